The second-order valence-electron chi connectivity index (χ2n) is 5.54. The number of thioether (sulfide) groups is 1. The SMILES string of the molecule is C1CC[N+](=C2CSC(=[N+]3CCCC3)N2)C1.F[B-](F)(F)F.F[B-](F)(F)F. The van der Waals surface area contributed by atoms with Crippen molar-refractivity contribution in [2.75, 3.05) is 31.9 Å². The molecule has 14 heteroatoms. The molecule has 0 aromatic rings. The molecule has 3 saturated heterocycles. The largest absolute Gasteiger partial charge is 0.673 e. The molecule has 0 aromatic carbocycles. The summed E-state index contributed by atoms with van der Waals surface area (Å²) in [5.41, 5.74) is 0. The van der Waals surface area contributed by atoms with Gasteiger partial charge in [0.1, 0.15) is 5.75 Å². The van der Waals surface area contributed by atoms with E-state index in [4.69, 9.17) is 0 Å². The van der Waals surface area contributed by atoms with Crippen molar-refractivity contribution in [3.63, 3.8) is 0 Å². The van der Waals surface area contributed by atoms with Gasteiger partial charge in [-0.25, -0.2) is 5.32 Å². The molecule has 0 amide bonds. The lowest BCUT2D eigenvalue weighted by Crippen LogP contribution is -2.34. The Morgan fingerprint density at radius 2 is 1.04 bits per heavy atom. The van der Waals surface area contributed by atoms with Gasteiger partial charge in [0.25, 0.3) is 5.84 Å². The second kappa shape index (κ2) is 9.67. The molecule has 3 heterocycles. The van der Waals surface area contributed by atoms with Gasteiger partial charge >= 0.3 is 19.7 Å². The fourth-order valence-electron chi connectivity index (χ4n) is 2.58. The maximum Gasteiger partial charge on any atom is 0.673 e. The first-order valence-electron chi connectivity index (χ1n) is 7.80. The van der Waals surface area contributed by atoms with E-state index < -0.39 is 14.5 Å². The van der Waals surface area contributed by atoms with Gasteiger partial charge in [0, 0.05) is 0 Å². The summed E-state index contributed by atoms with van der Waals surface area (Å²) in [6.07, 6.45) is 5.47. The lowest BCUT2D eigenvalue weighted by molar-refractivity contribution is -0.511. The Morgan fingerprint density at radius 3 is 1.44 bits per heavy atom. The Balaban J connectivity index is 0.000000262. The number of hydrogen-bond acceptors (Lipinski definition) is 1. The van der Waals surface area contributed by atoms with Gasteiger partial charge in [-0.3, -0.25) is 9.15 Å². The van der Waals surface area contributed by atoms with E-state index in [1.54, 1.807) is 0 Å². The van der Waals surface area contributed by atoms with E-state index in [1.807, 2.05) is 11.8 Å². The number of halogens is 8. The summed E-state index contributed by atoms with van der Waals surface area (Å²) in [7, 11) is -12.0. The first-order valence-corrected chi connectivity index (χ1v) is 8.79. The zero-order chi connectivity index (χ0) is 19.1. The summed E-state index contributed by atoms with van der Waals surface area (Å²) in [6, 6.07) is 0. The van der Waals surface area contributed by atoms with Gasteiger partial charge < -0.3 is 34.5 Å². The minimum atomic E-state index is -6.00. The first kappa shape index (κ1) is 22.1. The van der Waals surface area contributed by atoms with Crippen LogP contribution in [0, 0.1) is 0 Å². The smallest absolute Gasteiger partial charge is 0.418 e. The van der Waals surface area contributed by atoms with Gasteiger partial charge in [-0.05, 0) is 37.4 Å². The summed E-state index contributed by atoms with van der Waals surface area (Å²) in [6.45, 7) is 5.03. The van der Waals surface area contributed by atoms with Crippen LogP contribution in [0.4, 0.5) is 34.5 Å². The van der Waals surface area contributed by atoms with E-state index >= 15 is 0 Å². The molecule has 0 radical (unpaired) electrons. The van der Waals surface area contributed by atoms with Crippen LogP contribution < -0.4 is 5.32 Å². The van der Waals surface area contributed by atoms with Crippen LogP contribution in [0.15, 0.2) is 0 Å². The minimum absolute atomic E-state index is 1.16. The second-order valence-corrected chi connectivity index (χ2v) is 6.51. The monoisotopic (exact) mass is 399 g/mol. The molecule has 0 aromatic heterocycles. The molecule has 0 saturated carbocycles. The quantitative estimate of drug-likeness (QED) is 0.383. The van der Waals surface area contributed by atoms with Crippen molar-refractivity contribution in [2.45, 2.75) is 25.7 Å². The average Bonchev–Trinajstić information content (AvgIpc) is 3.18. The molecule has 0 unspecified atom stereocenters. The van der Waals surface area contributed by atoms with Gasteiger partial charge in [0.15, 0.2) is 0 Å². The molecule has 25 heavy (non-hydrogen) atoms. The predicted molar refractivity (Wildman–Crippen MR) is 84.4 cm³/mol. The van der Waals surface area contributed by atoms with Crippen LogP contribution in [0.3, 0.4) is 0 Å². The highest BCUT2D eigenvalue weighted by molar-refractivity contribution is 8.14. The predicted octanol–water partition coefficient (Wildman–Crippen LogP) is 3.29. The van der Waals surface area contributed by atoms with Crippen molar-refractivity contribution in [1.82, 2.24) is 5.32 Å². The van der Waals surface area contributed by atoms with E-state index in [2.05, 4.69) is 14.5 Å². The number of nitrogens with zero attached hydrogens (tertiary/aromatic N) is 2. The molecular formula is C11H19B2F8N3S. The molecule has 3 fully saturated rings. The summed E-state index contributed by atoms with van der Waals surface area (Å²) < 4.78 is 83.0. The zero-order valence-corrected chi connectivity index (χ0v) is 14.2. The van der Waals surface area contributed by atoms with Crippen LogP contribution >= 0.6 is 11.8 Å². The summed E-state index contributed by atoms with van der Waals surface area (Å²) in [5.74, 6) is 2.62. The molecular weight excluding hydrogens is 380 g/mol. The Bertz CT molecular complexity index is 435. The van der Waals surface area contributed by atoms with Crippen molar-refractivity contribution in [2.24, 2.45) is 0 Å². The van der Waals surface area contributed by atoms with Crippen LogP contribution in [0.5, 0.6) is 0 Å². The number of hydrogen-bond donors (Lipinski definition) is 1. The highest BCUT2D eigenvalue weighted by Gasteiger charge is 2.31. The van der Waals surface area contributed by atoms with E-state index in [0.29, 0.717) is 0 Å². The third-order valence-electron chi connectivity index (χ3n) is 3.48. The highest BCUT2D eigenvalue weighted by Crippen LogP contribution is 2.15. The van der Waals surface area contributed by atoms with E-state index in [-0.39, 0.29) is 0 Å². The van der Waals surface area contributed by atoms with Crippen molar-refractivity contribution >= 4 is 37.3 Å². The number of nitrogens with one attached hydrogen (secondary N) is 1. The van der Waals surface area contributed by atoms with Crippen molar-refractivity contribution in [3.05, 3.63) is 0 Å². The Labute approximate surface area is 144 Å². The standard InChI is InChI=1S/C11H18N3S.2BF4/c1-2-6-13(5-1)10-9-15-11(12-10)14-7-3-4-8-14;2*2-1(3,4)5/h1-9H2;;/q+1;2*-1/p+1. The van der Waals surface area contributed by atoms with Crippen molar-refractivity contribution in [3.8, 4) is 0 Å². The zero-order valence-electron chi connectivity index (χ0n) is 13.3. The maximum atomic E-state index is 9.75. The maximum absolute atomic E-state index is 9.75. The molecule has 3 nitrogen and oxygen atoms in total. The average molecular weight is 399 g/mol. The van der Waals surface area contributed by atoms with Crippen LogP contribution in [0.25, 0.3) is 0 Å². The number of rotatable bonds is 0. The summed E-state index contributed by atoms with van der Waals surface area (Å²) in [5, 5.41) is 5.03. The molecule has 146 valence electrons. The Kier molecular flexibility index (Phi) is 8.55. The summed E-state index contributed by atoms with van der Waals surface area (Å²) >= 11 is 1.99. The number of amidine groups is 2. The van der Waals surface area contributed by atoms with Crippen LogP contribution in [0.2, 0.25) is 0 Å². The minimum Gasteiger partial charge on any atom is -0.418 e. The van der Waals surface area contributed by atoms with Gasteiger partial charge in [-0.15, -0.1) is 0 Å². The van der Waals surface area contributed by atoms with Gasteiger partial charge in [0.05, 0.1) is 26.2 Å². The van der Waals surface area contributed by atoms with Crippen molar-refractivity contribution < 1.29 is 43.7 Å². The van der Waals surface area contributed by atoms with Gasteiger partial charge in [0.2, 0.25) is 0 Å². The lowest BCUT2D eigenvalue weighted by atomic mass is 10.3. The van der Waals surface area contributed by atoms with E-state index in [0.717, 1.165) is 5.75 Å². The molecule has 1 N–H and O–H groups in total. The van der Waals surface area contributed by atoms with Crippen molar-refractivity contribution in [1.29, 1.82) is 0 Å². The highest BCUT2D eigenvalue weighted by atomic mass is 32.2. The van der Waals surface area contributed by atoms with E-state index in [9.17, 15) is 34.5 Å². The Morgan fingerprint density at radius 1 is 0.680 bits per heavy atom. The molecule has 0 bridgehead atoms. The molecule has 0 atom stereocenters. The first-order chi connectivity index (χ1) is 11.4. The summed E-state index contributed by atoms with van der Waals surface area (Å²) in [4.78, 5) is 0. The van der Waals surface area contributed by atoms with Gasteiger partial charge in [-0.2, -0.15) is 0 Å². The van der Waals surface area contributed by atoms with Crippen LogP contribution in [0.1, 0.15) is 25.7 Å². The molecule has 0 aliphatic carbocycles. The fraction of sp³-hybridized carbons (Fsp3) is 0.818. The normalized spacial score (nSPS) is 20.8. The molecule has 3 aliphatic heterocycles. The van der Waals surface area contributed by atoms with Crippen LogP contribution in [-0.4, -0.2) is 66.6 Å². The third-order valence-corrected chi connectivity index (χ3v) is 4.53. The fourth-order valence-corrected chi connectivity index (χ4v) is 3.66. The van der Waals surface area contributed by atoms with Crippen LogP contribution in [-0.2, 0) is 0 Å². The topological polar surface area (TPSA) is 18.0 Å². The third kappa shape index (κ3) is 11.3. The molecule has 0 spiro atoms. The Hall–Kier alpha value is -0.940. The lowest BCUT2D eigenvalue weighted by Gasteiger charge is -2.00. The molecule has 3 aliphatic rings. The van der Waals surface area contributed by atoms with Gasteiger partial charge in [-0.1, -0.05) is 0 Å². The van der Waals surface area contributed by atoms with E-state index in [1.165, 1.54) is 62.9 Å². The molecule has 3 rings (SSSR count).